The molecule has 0 aromatic heterocycles. The summed E-state index contributed by atoms with van der Waals surface area (Å²) in [5.74, 6) is 0. The Hall–Kier alpha value is 1.81. The fourth-order valence-electron chi connectivity index (χ4n) is 0.0908. The molecular formula is C2H2K2N4O2. The third-order valence-corrected chi connectivity index (χ3v) is 0.232. The van der Waals surface area contributed by atoms with Crippen LogP contribution in [0.2, 0.25) is 0 Å². The number of rotatable bonds is 0. The Bertz CT molecular complexity index is 130. The minimum atomic E-state index is -1.33. The largest absolute Gasteiger partial charge is 1.00 e. The van der Waals surface area contributed by atoms with Crippen LogP contribution in [0.15, 0.2) is 10.2 Å². The Morgan fingerprint density at radius 1 is 0.900 bits per heavy atom. The fraction of sp³-hybridized carbons (Fsp3) is 0. The molecule has 0 bridgehead atoms. The van der Waals surface area contributed by atoms with Gasteiger partial charge in [0.05, 0.1) is 12.0 Å². The molecule has 0 heterocycles. The Morgan fingerprint density at radius 2 is 1.10 bits per heavy atom. The SMILES string of the molecule is N=C([O-])N=NC(=N)[O-].[K+].[K+]. The molecule has 0 aliphatic heterocycles. The van der Waals surface area contributed by atoms with Gasteiger partial charge in [-0.3, -0.25) is 10.8 Å². The van der Waals surface area contributed by atoms with Crippen LogP contribution in [0.1, 0.15) is 0 Å². The van der Waals surface area contributed by atoms with Crippen LogP contribution in [0.5, 0.6) is 0 Å². The van der Waals surface area contributed by atoms with Crippen LogP contribution in [0.3, 0.4) is 0 Å². The Balaban J connectivity index is -0.000000245. The molecule has 0 rings (SSSR count). The van der Waals surface area contributed by atoms with Gasteiger partial charge < -0.3 is 10.2 Å². The van der Waals surface area contributed by atoms with E-state index >= 15 is 0 Å². The van der Waals surface area contributed by atoms with Gasteiger partial charge in [-0.1, -0.05) is 0 Å². The van der Waals surface area contributed by atoms with E-state index in [0.29, 0.717) is 0 Å². The van der Waals surface area contributed by atoms with Gasteiger partial charge in [0.15, 0.2) is 0 Å². The average molecular weight is 192 g/mol. The minimum Gasteiger partial charge on any atom is -0.844 e. The fourth-order valence-corrected chi connectivity index (χ4v) is 0.0908. The third kappa shape index (κ3) is 16.4. The van der Waals surface area contributed by atoms with E-state index in [4.69, 9.17) is 10.8 Å². The maximum absolute atomic E-state index is 9.52. The molecule has 0 aliphatic rings. The monoisotopic (exact) mass is 192 g/mol. The summed E-state index contributed by atoms with van der Waals surface area (Å²) in [6, 6.07) is -2.66. The van der Waals surface area contributed by atoms with E-state index in [1.54, 1.807) is 0 Å². The minimum absolute atomic E-state index is 0. The van der Waals surface area contributed by atoms with Crippen molar-refractivity contribution in [1.29, 1.82) is 10.8 Å². The summed E-state index contributed by atoms with van der Waals surface area (Å²) in [6.45, 7) is 0. The second kappa shape index (κ2) is 10.8. The molecule has 0 amide bonds. The van der Waals surface area contributed by atoms with Crippen molar-refractivity contribution in [2.75, 3.05) is 0 Å². The first-order valence-electron chi connectivity index (χ1n) is 1.56. The molecule has 6 nitrogen and oxygen atoms in total. The molecule has 10 heavy (non-hydrogen) atoms. The van der Waals surface area contributed by atoms with E-state index < -0.39 is 12.0 Å². The predicted octanol–water partition coefficient (Wildman–Crippen LogP) is -7.96. The first kappa shape index (κ1) is 17.8. The van der Waals surface area contributed by atoms with Crippen molar-refractivity contribution in [1.82, 2.24) is 0 Å². The Labute approximate surface area is 142 Å². The second-order valence-electron chi connectivity index (χ2n) is 0.810. The molecule has 0 aromatic carbocycles. The van der Waals surface area contributed by atoms with Gasteiger partial charge in [-0.2, -0.15) is 0 Å². The molecule has 0 fully saturated rings. The van der Waals surface area contributed by atoms with Crippen LogP contribution in [0.25, 0.3) is 0 Å². The van der Waals surface area contributed by atoms with Gasteiger partial charge in [-0.15, -0.1) is 10.2 Å². The van der Waals surface area contributed by atoms with Crippen LogP contribution in [-0.2, 0) is 0 Å². The van der Waals surface area contributed by atoms with Crippen LogP contribution in [-0.4, -0.2) is 12.0 Å². The van der Waals surface area contributed by atoms with Crippen molar-refractivity contribution in [2.45, 2.75) is 0 Å². The summed E-state index contributed by atoms with van der Waals surface area (Å²) in [5, 5.41) is 36.0. The molecule has 0 atom stereocenters. The predicted molar refractivity (Wildman–Crippen MR) is 20.3 cm³/mol. The van der Waals surface area contributed by atoms with Gasteiger partial charge in [0, 0.05) is 0 Å². The topological polar surface area (TPSA) is 119 Å². The standard InChI is InChI=1S/C2H4N4O2.2K/c3-1(7)5-6-2(4)8;;/h(H2,3,7)(H2,4,8);;/q;2*+1/p-2. The summed E-state index contributed by atoms with van der Waals surface area (Å²) in [5.41, 5.74) is 0. The molecule has 0 radical (unpaired) electrons. The molecule has 0 saturated heterocycles. The number of hydrogen-bond donors (Lipinski definition) is 2. The summed E-state index contributed by atoms with van der Waals surface area (Å²) >= 11 is 0. The van der Waals surface area contributed by atoms with Crippen molar-refractivity contribution < 1.29 is 113 Å². The van der Waals surface area contributed by atoms with Crippen LogP contribution in [0, 0.1) is 10.8 Å². The van der Waals surface area contributed by atoms with Gasteiger partial charge in [0.2, 0.25) is 0 Å². The zero-order valence-electron chi connectivity index (χ0n) is 5.71. The number of hydrogen-bond acceptors (Lipinski definition) is 4. The third-order valence-electron chi connectivity index (χ3n) is 0.232. The van der Waals surface area contributed by atoms with E-state index in [9.17, 15) is 10.2 Å². The van der Waals surface area contributed by atoms with Crippen molar-refractivity contribution in [3.05, 3.63) is 0 Å². The smallest absolute Gasteiger partial charge is 0.844 e. The molecular weight excluding hydrogens is 190 g/mol. The van der Waals surface area contributed by atoms with Gasteiger partial charge in [0.1, 0.15) is 0 Å². The van der Waals surface area contributed by atoms with Crippen LogP contribution >= 0.6 is 0 Å². The molecule has 0 aliphatic carbocycles. The quantitative estimate of drug-likeness (QED) is 0.171. The van der Waals surface area contributed by atoms with E-state index in [2.05, 4.69) is 10.2 Å². The van der Waals surface area contributed by atoms with Gasteiger partial charge >= 0.3 is 103 Å². The summed E-state index contributed by atoms with van der Waals surface area (Å²) in [4.78, 5) is 0. The molecule has 44 valence electrons. The molecule has 0 spiro atoms. The van der Waals surface area contributed by atoms with E-state index in [1.165, 1.54) is 0 Å². The zero-order valence-corrected chi connectivity index (χ0v) is 12.0. The Morgan fingerprint density at radius 3 is 1.20 bits per heavy atom. The Kier molecular flexibility index (Phi) is 19.2. The number of azo groups is 1. The molecule has 0 aromatic rings. The number of nitrogens with one attached hydrogen (secondary N) is 2. The van der Waals surface area contributed by atoms with Gasteiger partial charge in [-0.25, -0.2) is 0 Å². The maximum Gasteiger partial charge on any atom is 1.00 e. The van der Waals surface area contributed by atoms with Crippen molar-refractivity contribution in [3.8, 4) is 0 Å². The normalized spacial score (nSPS) is 7.60. The summed E-state index contributed by atoms with van der Waals surface area (Å²) < 4.78 is 0. The van der Waals surface area contributed by atoms with Crippen molar-refractivity contribution >= 4 is 12.0 Å². The molecule has 0 unspecified atom stereocenters. The maximum atomic E-state index is 9.52. The molecule has 0 saturated carbocycles. The second-order valence-corrected chi connectivity index (χ2v) is 0.810. The van der Waals surface area contributed by atoms with Gasteiger partial charge in [0.25, 0.3) is 0 Å². The average Bonchev–Trinajstić information content (AvgIpc) is 1.61. The van der Waals surface area contributed by atoms with Crippen LogP contribution < -0.4 is 113 Å². The number of nitrogens with zero attached hydrogens (tertiary/aromatic N) is 2. The summed E-state index contributed by atoms with van der Waals surface area (Å²) in [6.07, 6.45) is 0. The van der Waals surface area contributed by atoms with E-state index in [0.717, 1.165) is 0 Å². The van der Waals surface area contributed by atoms with E-state index in [1.807, 2.05) is 0 Å². The first-order valence-corrected chi connectivity index (χ1v) is 1.56. The van der Waals surface area contributed by atoms with Crippen molar-refractivity contribution in [2.24, 2.45) is 10.2 Å². The molecule has 2 N–H and O–H groups in total. The molecule has 8 heteroatoms. The first-order chi connectivity index (χ1) is 3.63. The van der Waals surface area contributed by atoms with E-state index in [-0.39, 0.29) is 103 Å². The van der Waals surface area contributed by atoms with Crippen LogP contribution in [0.4, 0.5) is 0 Å². The number of amidine groups is 2. The summed E-state index contributed by atoms with van der Waals surface area (Å²) in [7, 11) is 0. The zero-order chi connectivity index (χ0) is 6.57. The van der Waals surface area contributed by atoms with Crippen molar-refractivity contribution in [3.63, 3.8) is 0 Å². The van der Waals surface area contributed by atoms with Gasteiger partial charge in [-0.05, 0) is 0 Å².